The van der Waals surface area contributed by atoms with E-state index in [0.717, 1.165) is 10.9 Å². The Hall–Kier alpha value is -2.42. The Bertz CT molecular complexity index is 905. The topological polar surface area (TPSA) is 32.9 Å². The Balaban J connectivity index is 1.56. The smallest absolute Gasteiger partial charge is 0.183 e. The second-order valence-corrected chi connectivity index (χ2v) is 7.09. The van der Waals surface area contributed by atoms with Crippen molar-refractivity contribution in [3.8, 4) is 0 Å². The molecule has 4 rings (SSSR count). The molecule has 1 aliphatic carbocycles. The van der Waals surface area contributed by atoms with Gasteiger partial charge >= 0.3 is 0 Å². The number of hydrogen-bond donors (Lipinski definition) is 1. The number of fused-ring (bicyclic) bond motifs is 1. The molecule has 1 N–H and O–H groups in total. The number of aromatic amines is 1. The van der Waals surface area contributed by atoms with Gasteiger partial charge in [-0.05, 0) is 60.2 Å². The van der Waals surface area contributed by atoms with Gasteiger partial charge in [-0.1, -0.05) is 37.5 Å². The highest BCUT2D eigenvalue weighted by Gasteiger charge is 2.17. The van der Waals surface area contributed by atoms with Crippen LogP contribution in [0.3, 0.4) is 0 Å². The molecule has 0 radical (unpaired) electrons. The van der Waals surface area contributed by atoms with E-state index in [0.29, 0.717) is 17.2 Å². The predicted molar refractivity (Wildman–Crippen MR) is 98.6 cm³/mol. The van der Waals surface area contributed by atoms with Gasteiger partial charge in [0.25, 0.3) is 0 Å². The molecule has 1 aliphatic rings. The average Bonchev–Trinajstić information content (AvgIpc) is 3.06. The minimum absolute atomic E-state index is 0.0129. The van der Waals surface area contributed by atoms with Crippen LogP contribution in [0.25, 0.3) is 10.9 Å². The molecule has 1 heterocycles. The van der Waals surface area contributed by atoms with Gasteiger partial charge in [0.15, 0.2) is 5.78 Å². The summed E-state index contributed by atoms with van der Waals surface area (Å²) in [6.07, 6.45) is 6.71. The number of carbonyl (C=O) groups excluding carboxylic acids is 1. The molecule has 2 aromatic carbocycles. The molecule has 0 bridgehead atoms. The maximum Gasteiger partial charge on any atom is 0.183 e. The second kappa shape index (κ2) is 6.83. The van der Waals surface area contributed by atoms with Crippen LogP contribution in [-0.2, 0) is 6.42 Å². The Kier molecular flexibility index (Phi) is 4.39. The van der Waals surface area contributed by atoms with Crippen LogP contribution in [0, 0.1) is 5.82 Å². The average molecular weight is 335 g/mol. The number of nitrogens with one attached hydrogen (secondary N) is 1. The fourth-order valence-electron chi connectivity index (χ4n) is 3.92. The van der Waals surface area contributed by atoms with Crippen LogP contribution < -0.4 is 0 Å². The second-order valence-electron chi connectivity index (χ2n) is 7.09. The fraction of sp³-hybridized carbons (Fsp3) is 0.318. The van der Waals surface area contributed by atoms with Crippen LogP contribution in [0.15, 0.2) is 48.5 Å². The number of ketones is 1. The zero-order chi connectivity index (χ0) is 17.2. The fourth-order valence-corrected chi connectivity index (χ4v) is 3.92. The van der Waals surface area contributed by atoms with E-state index in [-0.39, 0.29) is 18.0 Å². The largest absolute Gasteiger partial charge is 0.352 e. The van der Waals surface area contributed by atoms with Gasteiger partial charge in [-0.15, -0.1) is 0 Å². The van der Waals surface area contributed by atoms with Crippen molar-refractivity contribution in [1.82, 2.24) is 4.98 Å². The maximum atomic E-state index is 13.3. The van der Waals surface area contributed by atoms with Crippen molar-refractivity contribution in [3.63, 3.8) is 0 Å². The van der Waals surface area contributed by atoms with E-state index in [1.807, 2.05) is 6.07 Å². The van der Waals surface area contributed by atoms with Gasteiger partial charge in [-0.2, -0.15) is 0 Å². The van der Waals surface area contributed by atoms with Crippen LogP contribution >= 0.6 is 0 Å². The van der Waals surface area contributed by atoms with Gasteiger partial charge in [0.05, 0.1) is 5.69 Å². The molecule has 0 aliphatic heterocycles. The first kappa shape index (κ1) is 16.1. The van der Waals surface area contributed by atoms with Gasteiger partial charge in [-0.3, -0.25) is 4.79 Å². The number of hydrogen-bond acceptors (Lipinski definition) is 1. The molecule has 25 heavy (non-hydrogen) atoms. The van der Waals surface area contributed by atoms with Crippen LogP contribution in [0.5, 0.6) is 0 Å². The Morgan fingerprint density at radius 2 is 1.88 bits per heavy atom. The molecular formula is C22H22FNO. The number of aromatic nitrogens is 1. The third-order valence-corrected chi connectivity index (χ3v) is 5.28. The Labute approximate surface area is 147 Å². The summed E-state index contributed by atoms with van der Waals surface area (Å²) in [5.74, 6) is 0.333. The summed E-state index contributed by atoms with van der Waals surface area (Å²) < 4.78 is 13.3. The lowest BCUT2D eigenvalue weighted by molar-refractivity contribution is 0.0989. The maximum absolute atomic E-state index is 13.3. The summed E-state index contributed by atoms with van der Waals surface area (Å²) in [7, 11) is 0. The highest BCUT2D eigenvalue weighted by Crippen LogP contribution is 2.34. The predicted octanol–water partition coefficient (Wildman–Crippen LogP) is 5.78. The molecule has 0 unspecified atom stereocenters. The number of halogens is 1. The summed E-state index contributed by atoms with van der Waals surface area (Å²) >= 11 is 0. The van der Waals surface area contributed by atoms with Crippen molar-refractivity contribution in [2.24, 2.45) is 0 Å². The van der Waals surface area contributed by atoms with Crippen molar-refractivity contribution in [2.45, 2.75) is 44.4 Å². The molecule has 2 nitrogen and oxygen atoms in total. The standard InChI is InChI=1S/C22H22FNO/c23-19-8-4-5-15(11-19)12-22(25)21-14-18-13-17(9-10-20(18)24-21)16-6-2-1-3-7-16/h4-5,8-11,13-14,16,24H,1-3,6-7,12H2. The number of rotatable bonds is 4. The van der Waals surface area contributed by atoms with Crippen LogP contribution in [0.4, 0.5) is 4.39 Å². The first-order chi connectivity index (χ1) is 12.2. The quantitative estimate of drug-likeness (QED) is 0.602. The lowest BCUT2D eigenvalue weighted by atomic mass is 9.84. The minimum atomic E-state index is -0.306. The molecule has 128 valence electrons. The molecule has 3 aromatic rings. The first-order valence-electron chi connectivity index (χ1n) is 9.09. The zero-order valence-electron chi connectivity index (χ0n) is 14.2. The monoisotopic (exact) mass is 335 g/mol. The highest BCUT2D eigenvalue weighted by molar-refractivity contribution is 6.00. The molecular weight excluding hydrogens is 313 g/mol. The molecule has 1 saturated carbocycles. The minimum Gasteiger partial charge on any atom is -0.352 e. The van der Waals surface area contributed by atoms with Gasteiger partial charge in [0.1, 0.15) is 5.82 Å². The summed E-state index contributed by atoms with van der Waals surface area (Å²) in [6, 6.07) is 14.7. The zero-order valence-corrected chi connectivity index (χ0v) is 14.2. The first-order valence-corrected chi connectivity index (χ1v) is 9.09. The molecule has 3 heteroatoms. The summed E-state index contributed by atoms with van der Waals surface area (Å²) in [4.78, 5) is 15.7. The summed E-state index contributed by atoms with van der Waals surface area (Å²) in [5, 5.41) is 1.09. The molecule has 0 spiro atoms. The van der Waals surface area contributed by atoms with E-state index in [4.69, 9.17) is 0 Å². The van der Waals surface area contributed by atoms with Crippen LogP contribution in [-0.4, -0.2) is 10.8 Å². The van der Waals surface area contributed by atoms with Crippen molar-refractivity contribution in [2.75, 3.05) is 0 Å². The molecule has 0 amide bonds. The SMILES string of the molecule is O=C(Cc1cccc(F)c1)c1cc2cc(C3CCCCC3)ccc2[nH]1. The van der Waals surface area contributed by atoms with Gasteiger partial charge in [-0.25, -0.2) is 4.39 Å². The number of Topliss-reactive ketones (excluding diaryl/α,β-unsaturated/α-hetero) is 1. The third-order valence-electron chi connectivity index (χ3n) is 5.28. The van der Waals surface area contributed by atoms with Crippen molar-refractivity contribution in [1.29, 1.82) is 0 Å². The third kappa shape index (κ3) is 3.51. The van der Waals surface area contributed by atoms with E-state index in [9.17, 15) is 9.18 Å². The molecule has 0 saturated heterocycles. The number of H-pyrrole nitrogens is 1. The van der Waals surface area contributed by atoms with Gasteiger partial charge in [0.2, 0.25) is 0 Å². The normalized spacial score (nSPS) is 15.6. The van der Waals surface area contributed by atoms with E-state index in [2.05, 4.69) is 23.2 Å². The van der Waals surface area contributed by atoms with E-state index >= 15 is 0 Å². The number of benzene rings is 2. The summed E-state index contributed by atoms with van der Waals surface area (Å²) in [5.41, 5.74) is 3.67. The highest BCUT2D eigenvalue weighted by atomic mass is 19.1. The molecule has 0 atom stereocenters. The van der Waals surface area contributed by atoms with Crippen molar-refractivity contribution >= 4 is 16.7 Å². The number of carbonyl (C=O) groups is 1. The molecule has 1 fully saturated rings. The summed E-state index contributed by atoms with van der Waals surface area (Å²) in [6.45, 7) is 0. The Morgan fingerprint density at radius 1 is 1.04 bits per heavy atom. The van der Waals surface area contributed by atoms with E-state index < -0.39 is 0 Å². The van der Waals surface area contributed by atoms with E-state index in [1.165, 1.54) is 49.8 Å². The Morgan fingerprint density at radius 3 is 2.68 bits per heavy atom. The van der Waals surface area contributed by atoms with Crippen LogP contribution in [0.1, 0.15) is 59.6 Å². The lowest BCUT2D eigenvalue weighted by Crippen LogP contribution is -2.04. The van der Waals surface area contributed by atoms with E-state index in [1.54, 1.807) is 12.1 Å². The van der Waals surface area contributed by atoms with Crippen LogP contribution in [0.2, 0.25) is 0 Å². The van der Waals surface area contributed by atoms with Crippen molar-refractivity contribution < 1.29 is 9.18 Å². The lowest BCUT2D eigenvalue weighted by Gasteiger charge is -2.21. The van der Waals surface area contributed by atoms with Gasteiger partial charge < -0.3 is 4.98 Å². The van der Waals surface area contributed by atoms with Crippen molar-refractivity contribution in [3.05, 3.63) is 71.2 Å². The molecule has 1 aromatic heterocycles. The van der Waals surface area contributed by atoms with Gasteiger partial charge in [0, 0.05) is 17.3 Å².